The Kier molecular flexibility index (Phi) is 2.28. The van der Waals surface area contributed by atoms with E-state index in [2.05, 4.69) is 10.3 Å². The molecule has 0 saturated heterocycles. The van der Waals surface area contributed by atoms with Crippen LogP contribution in [0.1, 0.15) is 19.4 Å². The Morgan fingerprint density at radius 1 is 1.27 bits per heavy atom. The van der Waals surface area contributed by atoms with Gasteiger partial charge in [-0.1, -0.05) is 23.4 Å². The summed E-state index contributed by atoms with van der Waals surface area (Å²) in [6.07, 6.45) is 3.46. The van der Waals surface area contributed by atoms with Crippen molar-refractivity contribution in [2.24, 2.45) is 5.73 Å². The first kappa shape index (κ1) is 9.86. The SMILES string of the molecule is CC(C)(N)c1ccccc1-n1ccnn1. The molecular weight excluding hydrogens is 188 g/mol. The molecule has 4 heteroatoms. The molecule has 78 valence electrons. The van der Waals surface area contributed by atoms with Crippen molar-refractivity contribution < 1.29 is 0 Å². The molecular formula is C11H14N4. The van der Waals surface area contributed by atoms with E-state index in [-0.39, 0.29) is 5.54 Å². The number of nitrogens with two attached hydrogens (primary N) is 1. The molecule has 0 aliphatic heterocycles. The van der Waals surface area contributed by atoms with Crippen molar-refractivity contribution in [3.63, 3.8) is 0 Å². The van der Waals surface area contributed by atoms with Crippen LogP contribution in [0.5, 0.6) is 0 Å². The Morgan fingerprint density at radius 2 is 2.00 bits per heavy atom. The van der Waals surface area contributed by atoms with Crippen LogP contribution in [-0.2, 0) is 5.54 Å². The molecule has 1 aromatic carbocycles. The molecule has 2 N–H and O–H groups in total. The summed E-state index contributed by atoms with van der Waals surface area (Å²) in [4.78, 5) is 0. The number of benzene rings is 1. The van der Waals surface area contributed by atoms with Crippen LogP contribution in [0, 0.1) is 0 Å². The molecule has 0 unspecified atom stereocenters. The van der Waals surface area contributed by atoms with Crippen molar-refractivity contribution in [3.8, 4) is 5.69 Å². The number of para-hydroxylation sites is 1. The van der Waals surface area contributed by atoms with E-state index in [1.54, 1.807) is 10.9 Å². The predicted molar refractivity (Wildman–Crippen MR) is 58.6 cm³/mol. The van der Waals surface area contributed by atoms with Gasteiger partial charge in [0, 0.05) is 5.54 Å². The molecule has 0 atom stereocenters. The van der Waals surface area contributed by atoms with Crippen LogP contribution < -0.4 is 5.73 Å². The van der Waals surface area contributed by atoms with E-state index in [1.807, 2.05) is 44.3 Å². The van der Waals surface area contributed by atoms with E-state index < -0.39 is 0 Å². The third-order valence-electron chi connectivity index (χ3n) is 2.27. The zero-order chi connectivity index (χ0) is 10.9. The first-order chi connectivity index (χ1) is 7.09. The summed E-state index contributed by atoms with van der Waals surface area (Å²) in [5, 5.41) is 7.77. The number of hydrogen-bond acceptors (Lipinski definition) is 3. The van der Waals surface area contributed by atoms with Gasteiger partial charge in [-0.05, 0) is 25.5 Å². The van der Waals surface area contributed by atoms with E-state index in [9.17, 15) is 0 Å². The zero-order valence-electron chi connectivity index (χ0n) is 8.88. The minimum atomic E-state index is -0.386. The van der Waals surface area contributed by atoms with E-state index >= 15 is 0 Å². The monoisotopic (exact) mass is 202 g/mol. The third-order valence-corrected chi connectivity index (χ3v) is 2.27. The molecule has 0 saturated carbocycles. The average Bonchev–Trinajstić information content (AvgIpc) is 2.69. The normalized spacial score (nSPS) is 11.7. The van der Waals surface area contributed by atoms with Gasteiger partial charge in [-0.2, -0.15) is 0 Å². The van der Waals surface area contributed by atoms with Crippen molar-refractivity contribution in [3.05, 3.63) is 42.2 Å². The van der Waals surface area contributed by atoms with Gasteiger partial charge in [0.2, 0.25) is 0 Å². The van der Waals surface area contributed by atoms with E-state index in [0.29, 0.717) is 0 Å². The predicted octanol–water partition coefficient (Wildman–Crippen LogP) is 1.46. The van der Waals surface area contributed by atoms with Gasteiger partial charge in [0.1, 0.15) is 0 Å². The number of aromatic nitrogens is 3. The summed E-state index contributed by atoms with van der Waals surface area (Å²) in [5.41, 5.74) is 7.74. The highest BCUT2D eigenvalue weighted by molar-refractivity contribution is 5.43. The standard InChI is InChI=1S/C11H14N4/c1-11(2,12)9-5-3-4-6-10(9)15-8-7-13-14-15/h3-8H,12H2,1-2H3. The lowest BCUT2D eigenvalue weighted by molar-refractivity contribution is 0.548. The molecule has 0 bridgehead atoms. The summed E-state index contributed by atoms with van der Waals surface area (Å²) in [5.74, 6) is 0. The first-order valence-corrected chi connectivity index (χ1v) is 4.84. The van der Waals surface area contributed by atoms with Crippen LogP contribution in [0.4, 0.5) is 0 Å². The summed E-state index contributed by atoms with van der Waals surface area (Å²) >= 11 is 0. The molecule has 0 spiro atoms. The van der Waals surface area contributed by atoms with Gasteiger partial charge >= 0.3 is 0 Å². The smallest absolute Gasteiger partial charge is 0.0713 e. The van der Waals surface area contributed by atoms with Crippen molar-refractivity contribution >= 4 is 0 Å². The van der Waals surface area contributed by atoms with Gasteiger partial charge in [-0.25, -0.2) is 4.68 Å². The summed E-state index contributed by atoms with van der Waals surface area (Å²) in [6, 6.07) is 7.94. The Morgan fingerprint density at radius 3 is 2.60 bits per heavy atom. The van der Waals surface area contributed by atoms with E-state index in [0.717, 1.165) is 11.3 Å². The van der Waals surface area contributed by atoms with E-state index in [1.165, 1.54) is 0 Å². The third kappa shape index (κ3) is 1.89. The maximum Gasteiger partial charge on any atom is 0.0713 e. The lowest BCUT2D eigenvalue weighted by Crippen LogP contribution is -2.30. The van der Waals surface area contributed by atoms with Gasteiger partial charge in [-0.15, -0.1) is 5.10 Å². The summed E-state index contributed by atoms with van der Waals surface area (Å²) in [7, 11) is 0. The van der Waals surface area contributed by atoms with Gasteiger partial charge in [0.25, 0.3) is 0 Å². The molecule has 4 nitrogen and oxygen atoms in total. The van der Waals surface area contributed by atoms with Crippen molar-refractivity contribution in [2.45, 2.75) is 19.4 Å². The number of nitrogens with zero attached hydrogens (tertiary/aromatic N) is 3. The van der Waals surface area contributed by atoms with Crippen LogP contribution in [0.15, 0.2) is 36.7 Å². The van der Waals surface area contributed by atoms with Gasteiger partial charge < -0.3 is 5.73 Å². The minimum absolute atomic E-state index is 0.386. The Labute approximate surface area is 88.7 Å². The van der Waals surface area contributed by atoms with E-state index in [4.69, 9.17) is 5.73 Å². The molecule has 2 rings (SSSR count). The van der Waals surface area contributed by atoms with Gasteiger partial charge in [0.05, 0.1) is 18.1 Å². The van der Waals surface area contributed by atoms with Crippen molar-refractivity contribution in [1.82, 2.24) is 15.0 Å². The topological polar surface area (TPSA) is 56.7 Å². The quantitative estimate of drug-likeness (QED) is 0.802. The minimum Gasteiger partial charge on any atom is -0.322 e. The Bertz CT molecular complexity index is 440. The second-order valence-corrected chi connectivity index (χ2v) is 4.09. The largest absolute Gasteiger partial charge is 0.322 e. The molecule has 1 heterocycles. The second-order valence-electron chi connectivity index (χ2n) is 4.09. The van der Waals surface area contributed by atoms with Gasteiger partial charge in [0.15, 0.2) is 0 Å². The molecule has 0 aliphatic carbocycles. The Hall–Kier alpha value is -1.68. The fourth-order valence-electron chi connectivity index (χ4n) is 1.55. The lowest BCUT2D eigenvalue weighted by Gasteiger charge is -2.22. The molecule has 1 aromatic heterocycles. The highest BCUT2D eigenvalue weighted by atomic mass is 15.4. The molecule has 2 aromatic rings. The summed E-state index contributed by atoms with van der Waals surface area (Å²) in [6.45, 7) is 3.95. The van der Waals surface area contributed by atoms with Crippen LogP contribution in [0.3, 0.4) is 0 Å². The molecule has 0 aliphatic rings. The maximum atomic E-state index is 6.10. The average molecular weight is 202 g/mol. The lowest BCUT2D eigenvalue weighted by atomic mass is 9.94. The fraction of sp³-hybridized carbons (Fsp3) is 0.273. The van der Waals surface area contributed by atoms with Gasteiger partial charge in [-0.3, -0.25) is 0 Å². The van der Waals surface area contributed by atoms with Crippen LogP contribution in [0.25, 0.3) is 5.69 Å². The fourth-order valence-corrected chi connectivity index (χ4v) is 1.55. The highest BCUT2D eigenvalue weighted by Gasteiger charge is 2.18. The van der Waals surface area contributed by atoms with Crippen molar-refractivity contribution in [1.29, 1.82) is 0 Å². The molecule has 15 heavy (non-hydrogen) atoms. The summed E-state index contributed by atoms with van der Waals surface area (Å²) < 4.78 is 1.73. The number of rotatable bonds is 2. The first-order valence-electron chi connectivity index (χ1n) is 4.84. The molecule has 0 amide bonds. The maximum absolute atomic E-state index is 6.10. The zero-order valence-corrected chi connectivity index (χ0v) is 8.88. The van der Waals surface area contributed by atoms with Crippen LogP contribution >= 0.6 is 0 Å². The van der Waals surface area contributed by atoms with Crippen LogP contribution in [0.2, 0.25) is 0 Å². The van der Waals surface area contributed by atoms with Crippen molar-refractivity contribution in [2.75, 3.05) is 0 Å². The molecule has 0 fully saturated rings. The number of hydrogen-bond donors (Lipinski definition) is 1. The second kappa shape index (κ2) is 3.47. The molecule has 0 radical (unpaired) electrons. The van der Waals surface area contributed by atoms with Crippen LogP contribution in [-0.4, -0.2) is 15.0 Å². The Balaban J connectivity index is 2.58. The highest BCUT2D eigenvalue weighted by Crippen LogP contribution is 2.23.